The summed E-state index contributed by atoms with van der Waals surface area (Å²) >= 11 is 1.79. The van der Waals surface area contributed by atoms with Crippen LogP contribution >= 0.6 is 11.3 Å². The second-order valence-corrected chi connectivity index (χ2v) is 15.4. The molecule has 0 unspecified atom stereocenters. The zero-order valence-corrected chi connectivity index (χ0v) is 31.2. The third kappa shape index (κ3) is 5.04. The number of para-hydroxylation sites is 4. The summed E-state index contributed by atoms with van der Waals surface area (Å²) in [6.45, 7) is 0. The van der Waals surface area contributed by atoms with Gasteiger partial charge in [-0.05, 0) is 65.7 Å². The first kappa shape index (κ1) is 31.9. The molecule has 0 aliphatic heterocycles. The molecule has 8 aromatic carbocycles. The smallest absolute Gasteiger partial charge is 0.167 e. The standard InChI is InChI=1S/C51H30N4OS/c1-2-13-31(14-3-1)32-26-28-44-41(29-32)34-15-4-8-21-42(34)55(44)43-22-9-5-18-39(43)50-52-49(33-25-27-37-36-17-7-11-24-46(36)57-47(37)30-33)53-51(54-50)40-20-12-19-38-35-16-6-10-23-45(35)56-48(38)40/h1-30H. The third-order valence-corrected chi connectivity index (χ3v) is 12.2. The molecule has 12 aromatic rings. The quantitative estimate of drug-likeness (QED) is 0.176. The molecule has 0 fully saturated rings. The Hall–Kier alpha value is -7.41. The number of hydrogen-bond acceptors (Lipinski definition) is 5. The van der Waals surface area contributed by atoms with Gasteiger partial charge in [0.15, 0.2) is 17.5 Å². The maximum atomic E-state index is 6.54. The molecule has 0 aliphatic carbocycles. The van der Waals surface area contributed by atoms with Gasteiger partial charge in [-0.15, -0.1) is 11.3 Å². The molecule has 0 atom stereocenters. The first-order chi connectivity index (χ1) is 28.2. The van der Waals surface area contributed by atoms with Gasteiger partial charge in [0.1, 0.15) is 11.2 Å². The van der Waals surface area contributed by atoms with Crippen molar-refractivity contribution in [2.45, 2.75) is 0 Å². The maximum Gasteiger partial charge on any atom is 0.167 e. The lowest BCUT2D eigenvalue weighted by atomic mass is 10.0. The molecule has 0 saturated carbocycles. The van der Waals surface area contributed by atoms with E-state index in [1.165, 1.54) is 42.1 Å². The lowest BCUT2D eigenvalue weighted by Gasteiger charge is -2.15. The van der Waals surface area contributed by atoms with Crippen molar-refractivity contribution in [2.24, 2.45) is 0 Å². The van der Waals surface area contributed by atoms with Gasteiger partial charge < -0.3 is 8.98 Å². The van der Waals surface area contributed by atoms with E-state index in [2.05, 4.69) is 162 Å². The van der Waals surface area contributed by atoms with Crippen LogP contribution < -0.4 is 0 Å². The van der Waals surface area contributed by atoms with Gasteiger partial charge in [-0.2, -0.15) is 0 Å². The van der Waals surface area contributed by atoms with Crippen LogP contribution in [0.4, 0.5) is 0 Å². The van der Waals surface area contributed by atoms with Gasteiger partial charge >= 0.3 is 0 Å². The molecule has 0 N–H and O–H groups in total. The number of aromatic nitrogens is 4. The third-order valence-electron chi connectivity index (χ3n) is 11.1. The minimum absolute atomic E-state index is 0.556. The summed E-state index contributed by atoms with van der Waals surface area (Å²) in [5.41, 5.74) is 9.82. The van der Waals surface area contributed by atoms with Crippen LogP contribution in [0.3, 0.4) is 0 Å². The van der Waals surface area contributed by atoms with E-state index >= 15 is 0 Å². The van der Waals surface area contributed by atoms with E-state index in [4.69, 9.17) is 19.4 Å². The number of rotatable bonds is 5. The molecule has 0 radical (unpaired) electrons. The van der Waals surface area contributed by atoms with Crippen molar-refractivity contribution in [2.75, 3.05) is 0 Å². The van der Waals surface area contributed by atoms with Crippen LogP contribution in [0.1, 0.15) is 0 Å². The molecular formula is C51H30N4OS. The number of nitrogens with zero attached hydrogens (tertiary/aromatic N) is 4. The van der Waals surface area contributed by atoms with E-state index in [-0.39, 0.29) is 0 Å². The van der Waals surface area contributed by atoms with Gasteiger partial charge in [0, 0.05) is 52.8 Å². The number of thiophene rings is 1. The molecule has 12 rings (SSSR count). The van der Waals surface area contributed by atoms with Crippen molar-refractivity contribution >= 4 is 75.3 Å². The van der Waals surface area contributed by atoms with Crippen LogP contribution in [0.2, 0.25) is 0 Å². The van der Waals surface area contributed by atoms with Crippen LogP contribution in [0.25, 0.3) is 115 Å². The minimum Gasteiger partial charge on any atom is -0.455 e. The Morgan fingerprint density at radius 1 is 0.386 bits per heavy atom. The monoisotopic (exact) mass is 746 g/mol. The Bertz CT molecular complexity index is 3540. The zero-order chi connectivity index (χ0) is 37.5. The number of benzene rings is 8. The van der Waals surface area contributed by atoms with Crippen molar-refractivity contribution in [1.82, 2.24) is 19.5 Å². The normalized spacial score (nSPS) is 11.9. The van der Waals surface area contributed by atoms with Crippen molar-refractivity contribution in [3.8, 4) is 51.0 Å². The van der Waals surface area contributed by atoms with Crippen LogP contribution in [0.5, 0.6) is 0 Å². The minimum atomic E-state index is 0.556. The first-order valence-electron chi connectivity index (χ1n) is 19.0. The number of furan rings is 1. The van der Waals surface area contributed by atoms with Crippen LogP contribution in [-0.4, -0.2) is 19.5 Å². The Balaban J connectivity index is 1.11. The summed E-state index contributed by atoms with van der Waals surface area (Å²) in [4.78, 5) is 15.8. The second-order valence-electron chi connectivity index (χ2n) is 14.4. The highest BCUT2D eigenvalue weighted by Crippen LogP contribution is 2.41. The van der Waals surface area contributed by atoms with Gasteiger partial charge in [-0.25, -0.2) is 15.0 Å². The first-order valence-corrected chi connectivity index (χ1v) is 19.8. The average Bonchev–Trinajstić information content (AvgIpc) is 3.95. The van der Waals surface area contributed by atoms with E-state index < -0.39 is 0 Å². The average molecular weight is 747 g/mol. The van der Waals surface area contributed by atoms with E-state index in [1.54, 1.807) is 11.3 Å². The molecule has 0 bridgehead atoms. The van der Waals surface area contributed by atoms with Crippen LogP contribution in [0, 0.1) is 0 Å². The molecule has 5 nitrogen and oxygen atoms in total. The highest BCUT2D eigenvalue weighted by Gasteiger charge is 2.22. The Morgan fingerprint density at radius 2 is 1.04 bits per heavy atom. The van der Waals surface area contributed by atoms with E-state index in [0.29, 0.717) is 17.5 Å². The van der Waals surface area contributed by atoms with Gasteiger partial charge in [0.25, 0.3) is 0 Å². The highest BCUT2D eigenvalue weighted by atomic mass is 32.1. The largest absolute Gasteiger partial charge is 0.455 e. The zero-order valence-electron chi connectivity index (χ0n) is 30.4. The maximum absolute atomic E-state index is 6.54. The molecule has 0 spiro atoms. The van der Waals surface area contributed by atoms with Crippen molar-refractivity contribution in [1.29, 1.82) is 0 Å². The van der Waals surface area contributed by atoms with Gasteiger partial charge in [0.05, 0.1) is 22.3 Å². The molecule has 266 valence electrons. The topological polar surface area (TPSA) is 56.7 Å². The van der Waals surface area contributed by atoms with Gasteiger partial charge in [-0.1, -0.05) is 127 Å². The molecule has 4 heterocycles. The van der Waals surface area contributed by atoms with E-state index in [1.807, 2.05) is 24.3 Å². The molecule has 0 amide bonds. The van der Waals surface area contributed by atoms with Crippen LogP contribution in [0.15, 0.2) is 186 Å². The molecular weight excluding hydrogens is 717 g/mol. The summed E-state index contributed by atoms with van der Waals surface area (Å²) < 4.78 is 11.3. The van der Waals surface area contributed by atoms with Crippen molar-refractivity contribution in [3.05, 3.63) is 182 Å². The summed E-state index contributed by atoms with van der Waals surface area (Å²) in [6.07, 6.45) is 0. The Kier molecular flexibility index (Phi) is 7.03. The van der Waals surface area contributed by atoms with E-state index in [9.17, 15) is 0 Å². The molecule has 57 heavy (non-hydrogen) atoms. The Morgan fingerprint density at radius 3 is 1.95 bits per heavy atom. The second kappa shape index (κ2) is 12.6. The highest BCUT2D eigenvalue weighted by molar-refractivity contribution is 7.25. The van der Waals surface area contributed by atoms with Crippen LogP contribution in [-0.2, 0) is 0 Å². The van der Waals surface area contributed by atoms with Gasteiger partial charge in [0.2, 0.25) is 0 Å². The summed E-state index contributed by atoms with van der Waals surface area (Å²) in [5, 5.41) is 6.95. The van der Waals surface area contributed by atoms with E-state index in [0.717, 1.165) is 55.3 Å². The molecule has 6 heteroatoms. The lowest BCUT2D eigenvalue weighted by Crippen LogP contribution is -2.03. The van der Waals surface area contributed by atoms with Crippen molar-refractivity contribution in [3.63, 3.8) is 0 Å². The fourth-order valence-electron chi connectivity index (χ4n) is 8.43. The SMILES string of the molecule is c1ccc(-c2ccc3c(c2)c2ccccc2n3-c2ccccc2-c2nc(-c3ccc4c(c3)sc3ccccc34)nc(-c3cccc4c3oc3ccccc34)n2)cc1. The predicted molar refractivity (Wildman–Crippen MR) is 236 cm³/mol. The van der Waals surface area contributed by atoms with Gasteiger partial charge in [-0.3, -0.25) is 0 Å². The predicted octanol–water partition coefficient (Wildman–Crippen LogP) is 13.9. The van der Waals surface area contributed by atoms with Crippen molar-refractivity contribution < 1.29 is 4.42 Å². The summed E-state index contributed by atoms with van der Waals surface area (Å²) in [7, 11) is 0. The Labute approximate surface area is 330 Å². The molecule has 0 saturated heterocycles. The molecule has 0 aliphatic rings. The molecule has 4 aromatic heterocycles. The fraction of sp³-hybridized carbons (Fsp3) is 0. The summed E-state index contributed by atoms with van der Waals surface area (Å²) in [6, 6.07) is 63.9. The fourth-order valence-corrected chi connectivity index (χ4v) is 9.58. The number of fused-ring (bicyclic) bond motifs is 9. The number of hydrogen-bond donors (Lipinski definition) is 0. The lowest BCUT2D eigenvalue weighted by molar-refractivity contribution is 0.669. The summed E-state index contributed by atoms with van der Waals surface area (Å²) in [5.74, 6) is 1.75.